The van der Waals surface area contributed by atoms with Gasteiger partial charge >= 0.3 is 0 Å². The van der Waals surface area contributed by atoms with Crippen molar-refractivity contribution in [2.24, 2.45) is 10.4 Å². The van der Waals surface area contributed by atoms with Crippen LogP contribution in [-0.4, -0.2) is 12.6 Å². The fraction of sp³-hybridized carbons (Fsp3) is 0.500. The molecule has 0 aromatic heterocycles. The highest BCUT2D eigenvalue weighted by Gasteiger charge is 2.14. The molecule has 0 aromatic carbocycles. The molecule has 15 heavy (non-hydrogen) atoms. The second-order valence-electron chi connectivity index (χ2n) is 4.36. The van der Waals surface area contributed by atoms with E-state index in [0.29, 0.717) is 5.82 Å². The molecule has 0 aliphatic carbocycles. The molecule has 0 saturated carbocycles. The van der Waals surface area contributed by atoms with Crippen LogP contribution in [0, 0.1) is 5.41 Å². The van der Waals surface area contributed by atoms with Crippen LogP contribution in [-0.2, 0) is 4.79 Å². The molecule has 0 radical (unpaired) electrons. The number of rotatable bonds is 3. The first-order valence-electron chi connectivity index (χ1n) is 4.94. The van der Waals surface area contributed by atoms with Crippen LogP contribution in [0.3, 0.4) is 0 Å². The van der Waals surface area contributed by atoms with Gasteiger partial charge in [-0.15, -0.1) is 0 Å². The average Bonchev–Trinajstić information content (AvgIpc) is 2.09. The van der Waals surface area contributed by atoms with E-state index in [1.807, 2.05) is 19.1 Å². The summed E-state index contributed by atoms with van der Waals surface area (Å²) in [6, 6.07) is 0. The molecule has 0 saturated heterocycles. The number of allylic oxidation sites excluding steroid dienone is 3. The molecule has 3 heteroatoms. The van der Waals surface area contributed by atoms with Crippen molar-refractivity contribution >= 4 is 12.6 Å². The molecule has 3 nitrogen and oxygen atoms in total. The van der Waals surface area contributed by atoms with Gasteiger partial charge < -0.3 is 5.32 Å². The van der Waals surface area contributed by atoms with Crippen LogP contribution in [0.5, 0.6) is 0 Å². The third kappa shape index (κ3) is 5.15. The number of aliphatic imine (C=N–C) groups is 1. The summed E-state index contributed by atoms with van der Waals surface area (Å²) in [6.45, 7) is 13.2. The van der Waals surface area contributed by atoms with Crippen molar-refractivity contribution in [3.63, 3.8) is 0 Å². The molecule has 0 aromatic rings. The van der Waals surface area contributed by atoms with Crippen LogP contribution in [0.4, 0.5) is 0 Å². The van der Waals surface area contributed by atoms with Gasteiger partial charge in [0.15, 0.2) is 0 Å². The summed E-state index contributed by atoms with van der Waals surface area (Å²) < 4.78 is 0. The Kier molecular flexibility index (Phi) is 4.98. The van der Waals surface area contributed by atoms with Gasteiger partial charge in [-0.2, -0.15) is 0 Å². The molecule has 1 N–H and O–H groups in total. The zero-order valence-electron chi connectivity index (χ0n) is 10.2. The lowest BCUT2D eigenvalue weighted by molar-refractivity contribution is -0.118. The molecular weight excluding hydrogens is 188 g/mol. The van der Waals surface area contributed by atoms with Gasteiger partial charge in [-0.3, -0.25) is 4.79 Å². The van der Waals surface area contributed by atoms with E-state index in [1.54, 1.807) is 0 Å². The SMILES string of the molecule is C=N/C(=C\C(=C/C)C(C)(C)C)NC(C)=O. The summed E-state index contributed by atoms with van der Waals surface area (Å²) in [5, 5.41) is 2.62. The quantitative estimate of drug-likeness (QED) is 0.562. The molecule has 0 spiro atoms. The molecular formula is C12H20N2O. The average molecular weight is 208 g/mol. The molecule has 0 heterocycles. The Labute approximate surface area is 92.0 Å². The maximum Gasteiger partial charge on any atom is 0.222 e. The Bertz CT molecular complexity index is 306. The Hall–Kier alpha value is -1.38. The van der Waals surface area contributed by atoms with Gasteiger partial charge in [-0.1, -0.05) is 26.8 Å². The van der Waals surface area contributed by atoms with Crippen molar-refractivity contribution < 1.29 is 4.79 Å². The molecule has 84 valence electrons. The highest BCUT2D eigenvalue weighted by Crippen LogP contribution is 2.26. The Balaban J connectivity index is 4.97. The van der Waals surface area contributed by atoms with Gasteiger partial charge in [0.05, 0.1) is 0 Å². The standard InChI is InChI=1S/C12H20N2O/c1-7-10(12(3,4)5)8-11(13-6)14-9(2)15/h7-8H,6H2,1-5H3,(H,14,15)/b10-7+,11-8+. The van der Waals surface area contributed by atoms with Crippen molar-refractivity contribution in [1.82, 2.24) is 5.32 Å². The molecule has 0 fully saturated rings. The molecule has 0 atom stereocenters. The zero-order chi connectivity index (χ0) is 12.1. The predicted molar refractivity (Wildman–Crippen MR) is 64.7 cm³/mol. The number of nitrogens with zero attached hydrogens (tertiary/aromatic N) is 1. The molecule has 0 bridgehead atoms. The number of nitrogens with one attached hydrogen (secondary N) is 1. The minimum Gasteiger partial charge on any atom is -0.311 e. The lowest BCUT2D eigenvalue weighted by Crippen LogP contribution is -2.19. The van der Waals surface area contributed by atoms with Crippen LogP contribution in [0.1, 0.15) is 34.6 Å². The normalized spacial score (nSPS) is 13.7. The summed E-state index contributed by atoms with van der Waals surface area (Å²) in [6.07, 6.45) is 3.85. The molecule has 0 unspecified atom stereocenters. The van der Waals surface area contributed by atoms with E-state index in [2.05, 4.69) is 37.8 Å². The highest BCUT2D eigenvalue weighted by atomic mass is 16.1. The van der Waals surface area contributed by atoms with Crippen molar-refractivity contribution in [3.05, 3.63) is 23.5 Å². The van der Waals surface area contributed by atoms with Gasteiger partial charge in [0.25, 0.3) is 0 Å². The van der Waals surface area contributed by atoms with Crippen molar-refractivity contribution in [2.75, 3.05) is 0 Å². The van der Waals surface area contributed by atoms with E-state index in [4.69, 9.17) is 0 Å². The molecule has 0 aliphatic rings. The summed E-state index contributed by atoms with van der Waals surface area (Å²) >= 11 is 0. The van der Waals surface area contributed by atoms with E-state index in [0.717, 1.165) is 5.57 Å². The fourth-order valence-electron chi connectivity index (χ4n) is 1.18. The minimum atomic E-state index is -0.141. The van der Waals surface area contributed by atoms with Crippen molar-refractivity contribution in [2.45, 2.75) is 34.6 Å². The van der Waals surface area contributed by atoms with E-state index in [1.165, 1.54) is 6.92 Å². The topological polar surface area (TPSA) is 41.5 Å². The number of hydrogen-bond acceptors (Lipinski definition) is 2. The van der Waals surface area contributed by atoms with Crippen LogP contribution < -0.4 is 5.32 Å². The molecule has 0 rings (SSSR count). The predicted octanol–water partition coefficient (Wildman–Crippen LogP) is 2.66. The first kappa shape index (κ1) is 13.6. The second kappa shape index (κ2) is 5.49. The van der Waals surface area contributed by atoms with E-state index in [9.17, 15) is 4.79 Å². The molecule has 1 amide bonds. The Morgan fingerprint density at radius 1 is 1.40 bits per heavy atom. The summed E-state index contributed by atoms with van der Waals surface area (Å²) in [5.41, 5.74) is 1.14. The number of carbonyl (C=O) groups is 1. The first-order valence-corrected chi connectivity index (χ1v) is 4.94. The van der Waals surface area contributed by atoms with Gasteiger partial charge in [0, 0.05) is 6.92 Å². The lowest BCUT2D eigenvalue weighted by atomic mass is 9.86. The van der Waals surface area contributed by atoms with Crippen LogP contribution in [0.25, 0.3) is 0 Å². The van der Waals surface area contributed by atoms with Crippen molar-refractivity contribution in [3.8, 4) is 0 Å². The number of carbonyl (C=O) groups excluding carboxylic acids is 1. The summed E-state index contributed by atoms with van der Waals surface area (Å²) in [5.74, 6) is 0.350. The molecule has 0 aliphatic heterocycles. The number of hydrogen-bond donors (Lipinski definition) is 1. The maximum absolute atomic E-state index is 10.9. The van der Waals surface area contributed by atoms with Gasteiger partial charge in [0.1, 0.15) is 5.82 Å². The van der Waals surface area contributed by atoms with E-state index >= 15 is 0 Å². The third-order valence-corrected chi connectivity index (χ3v) is 1.94. The summed E-state index contributed by atoms with van der Waals surface area (Å²) in [4.78, 5) is 14.6. The Morgan fingerprint density at radius 3 is 2.20 bits per heavy atom. The van der Waals surface area contributed by atoms with Gasteiger partial charge in [0.2, 0.25) is 5.91 Å². The first-order chi connectivity index (χ1) is 6.81. The number of amides is 1. The van der Waals surface area contributed by atoms with Crippen LogP contribution in [0.15, 0.2) is 28.5 Å². The fourth-order valence-corrected chi connectivity index (χ4v) is 1.18. The third-order valence-electron chi connectivity index (χ3n) is 1.94. The monoisotopic (exact) mass is 208 g/mol. The van der Waals surface area contributed by atoms with Crippen molar-refractivity contribution in [1.29, 1.82) is 0 Å². The van der Waals surface area contributed by atoms with Crippen LogP contribution in [0.2, 0.25) is 0 Å². The van der Waals surface area contributed by atoms with E-state index < -0.39 is 0 Å². The van der Waals surface area contributed by atoms with E-state index in [-0.39, 0.29) is 11.3 Å². The zero-order valence-corrected chi connectivity index (χ0v) is 10.2. The smallest absolute Gasteiger partial charge is 0.222 e. The summed E-state index contributed by atoms with van der Waals surface area (Å²) in [7, 11) is 0. The van der Waals surface area contributed by atoms with Gasteiger partial charge in [-0.25, -0.2) is 4.99 Å². The maximum atomic E-state index is 10.9. The Morgan fingerprint density at radius 2 is 1.93 bits per heavy atom. The minimum absolute atomic E-state index is 0.0309. The highest BCUT2D eigenvalue weighted by molar-refractivity contribution is 5.75. The second-order valence-corrected chi connectivity index (χ2v) is 4.36. The van der Waals surface area contributed by atoms with Gasteiger partial charge in [-0.05, 0) is 30.7 Å². The lowest BCUT2D eigenvalue weighted by Gasteiger charge is -2.20. The van der Waals surface area contributed by atoms with Crippen LogP contribution >= 0.6 is 0 Å². The largest absolute Gasteiger partial charge is 0.311 e.